The molecule has 0 bridgehead atoms. The van der Waals surface area contributed by atoms with E-state index in [1.807, 2.05) is 55.8 Å². The number of hydrogen-bond acceptors (Lipinski definition) is 5. The number of guanidine groups is 1. The Bertz CT molecular complexity index is 752. The van der Waals surface area contributed by atoms with Crippen LogP contribution in [0, 0.1) is 6.92 Å². The zero-order valence-electron chi connectivity index (χ0n) is 13.4. The van der Waals surface area contributed by atoms with Crippen LogP contribution >= 0.6 is 0 Å². The second kappa shape index (κ2) is 6.73. The van der Waals surface area contributed by atoms with E-state index in [1.165, 1.54) is 0 Å². The van der Waals surface area contributed by atoms with E-state index in [0.717, 1.165) is 16.9 Å². The molecule has 8 heteroatoms. The van der Waals surface area contributed by atoms with Crippen molar-refractivity contribution < 1.29 is 4.57 Å². The first kappa shape index (κ1) is 16.2. The van der Waals surface area contributed by atoms with Crippen LogP contribution in [0.4, 0.5) is 17.5 Å². The summed E-state index contributed by atoms with van der Waals surface area (Å²) in [5, 5.41) is 10.9. The van der Waals surface area contributed by atoms with Gasteiger partial charge in [0, 0.05) is 11.8 Å². The molecule has 1 aromatic heterocycles. The third-order valence-corrected chi connectivity index (χ3v) is 3.32. The van der Waals surface area contributed by atoms with Gasteiger partial charge in [0.05, 0.1) is 18.5 Å². The molecule has 0 atom stereocenters. The van der Waals surface area contributed by atoms with E-state index in [-0.39, 0.29) is 5.96 Å². The van der Waals surface area contributed by atoms with Gasteiger partial charge in [-0.2, -0.15) is 5.10 Å². The molecule has 0 unspecified atom stereocenters. The molecule has 0 saturated carbocycles. The number of nitrogen functional groups attached to an aromatic ring is 1. The number of nitrogens with one attached hydrogen (secondary N) is 1. The molecule has 8 nitrogen and oxygen atoms in total. The van der Waals surface area contributed by atoms with Crippen LogP contribution in [0.5, 0.6) is 0 Å². The fourth-order valence-electron chi connectivity index (χ4n) is 1.93. The van der Waals surface area contributed by atoms with Crippen molar-refractivity contribution >= 4 is 29.1 Å². The van der Waals surface area contributed by atoms with Gasteiger partial charge < -0.3 is 16.8 Å². The molecule has 0 radical (unpaired) electrons. The van der Waals surface area contributed by atoms with Gasteiger partial charge in [-0.05, 0) is 31.5 Å². The number of aryl methyl sites for hydroxylation is 1. The molecule has 0 aliphatic rings. The fourth-order valence-corrected chi connectivity index (χ4v) is 1.93. The summed E-state index contributed by atoms with van der Waals surface area (Å²) in [5.41, 5.74) is 19.9. The Morgan fingerprint density at radius 3 is 2.61 bits per heavy atom. The molecule has 0 saturated heterocycles. The molecule has 23 heavy (non-hydrogen) atoms. The fraction of sp³-hybridized carbons (Fsp3) is 0.200. The van der Waals surface area contributed by atoms with E-state index in [4.69, 9.17) is 17.2 Å². The Kier molecular flexibility index (Phi) is 4.75. The second-order valence-electron chi connectivity index (χ2n) is 5.12. The number of rotatable bonds is 4. The summed E-state index contributed by atoms with van der Waals surface area (Å²) in [5.74, 6) is 1.04. The van der Waals surface area contributed by atoms with E-state index < -0.39 is 0 Å². The zero-order chi connectivity index (χ0) is 17.0. The average Bonchev–Trinajstić information content (AvgIpc) is 2.50. The molecule has 1 aromatic carbocycles. The Labute approximate surface area is 134 Å². The highest BCUT2D eigenvalue weighted by Gasteiger charge is 2.10. The van der Waals surface area contributed by atoms with E-state index in [2.05, 4.69) is 20.5 Å². The van der Waals surface area contributed by atoms with Gasteiger partial charge in [-0.25, -0.2) is 4.57 Å². The number of nitrogens with two attached hydrogens (primary N) is 3. The lowest BCUT2D eigenvalue weighted by atomic mass is 10.1. The summed E-state index contributed by atoms with van der Waals surface area (Å²) in [6, 6.07) is 9.61. The Morgan fingerprint density at radius 2 is 1.96 bits per heavy atom. The summed E-state index contributed by atoms with van der Waals surface area (Å²) in [6.07, 6.45) is 0. The van der Waals surface area contributed by atoms with E-state index in [0.29, 0.717) is 17.5 Å². The van der Waals surface area contributed by atoms with Crippen LogP contribution in [0.15, 0.2) is 40.5 Å². The zero-order valence-corrected chi connectivity index (χ0v) is 13.4. The highest BCUT2D eigenvalue weighted by molar-refractivity contribution is 5.99. The van der Waals surface area contributed by atoms with Crippen molar-refractivity contribution in [1.82, 2.24) is 4.98 Å². The minimum atomic E-state index is -0.0778. The van der Waals surface area contributed by atoms with Crippen LogP contribution in [-0.4, -0.2) is 16.7 Å². The SMILES string of the molecule is CC(=NN=C(N)N)c1cccc(Nc2cc(C)[n+](C)c(N)n2)c1. The van der Waals surface area contributed by atoms with Gasteiger partial charge in [-0.3, -0.25) is 5.73 Å². The van der Waals surface area contributed by atoms with Crippen LogP contribution < -0.4 is 27.1 Å². The third-order valence-electron chi connectivity index (χ3n) is 3.32. The van der Waals surface area contributed by atoms with Crippen molar-refractivity contribution in [3.8, 4) is 0 Å². The molecule has 0 aliphatic heterocycles. The van der Waals surface area contributed by atoms with Gasteiger partial charge in [0.2, 0.25) is 11.8 Å². The molecule has 120 valence electrons. The van der Waals surface area contributed by atoms with E-state index in [9.17, 15) is 0 Å². The molecule has 2 rings (SSSR count). The average molecular weight is 313 g/mol. The van der Waals surface area contributed by atoms with Crippen molar-refractivity contribution in [2.24, 2.45) is 28.7 Å². The smallest absolute Gasteiger partial charge is 0.369 e. The van der Waals surface area contributed by atoms with Crippen LogP contribution in [0.2, 0.25) is 0 Å². The minimum Gasteiger partial charge on any atom is -0.369 e. The maximum Gasteiger partial charge on any atom is 0.391 e. The maximum absolute atomic E-state index is 5.88. The van der Waals surface area contributed by atoms with Gasteiger partial charge >= 0.3 is 5.95 Å². The molecule has 0 amide bonds. The van der Waals surface area contributed by atoms with Crippen molar-refractivity contribution in [2.75, 3.05) is 11.1 Å². The molecule has 0 aliphatic carbocycles. The van der Waals surface area contributed by atoms with Gasteiger partial charge in [0.15, 0.2) is 0 Å². The molecule has 0 spiro atoms. The highest BCUT2D eigenvalue weighted by atomic mass is 15.3. The lowest BCUT2D eigenvalue weighted by Crippen LogP contribution is -2.36. The van der Waals surface area contributed by atoms with Crippen LogP contribution in [0.3, 0.4) is 0 Å². The second-order valence-corrected chi connectivity index (χ2v) is 5.12. The highest BCUT2D eigenvalue weighted by Crippen LogP contribution is 2.17. The van der Waals surface area contributed by atoms with Crippen LogP contribution in [-0.2, 0) is 7.05 Å². The maximum atomic E-state index is 5.88. The largest absolute Gasteiger partial charge is 0.391 e. The summed E-state index contributed by atoms with van der Waals surface area (Å²) >= 11 is 0. The van der Waals surface area contributed by atoms with Gasteiger partial charge in [-0.1, -0.05) is 17.1 Å². The molecule has 2 aromatic rings. The Hall–Kier alpha value is -3.16. The number of nitrogens with zero attached hydrogens (tertiary/aromatic N) is 4. The first-order valence-electron chi connectivity index (χ1n) is 7.00. The monoisotopic (exact) mass is 313 g/mol. The molecular weight excluding hydrogens is 292 g/mol. The molecular formula is C15H21N8+. The molecule has 0 fully saturated rings. The van der Waals surface area contributed by atoms with Crippen molar-refractivity contribution in [3.05, 3.63) is 41.6 Å². The number of aromatic nitrogens is 2. The van der Waals surface area contributed by atoms with E-state index in [1.54, 1.807) is 0 Å². The lowest BCUT2D eigenvalue weighted by molar-refractivity contribution is -0.665. The van der Waals surface area contributed by atoms with E-state index >= 15 is 0 Å². The lowest BCUT2D eigenvalue weighted by Gasteiger charge is -2.07. The summed E-state index contributed by atoms with van der Waals surface area (Å²) < 4.78 is 1.81. The summed E-state index contributed by atoms with van der Waals surface area (Å²) in [4.78, 5) is 4.31. The first-order chi connectivity index (χ1) is 10.9. The summed E-state index contributed by atoms with van der Waals surface area (Å²) in [6.45, 7) is 3.79. The van der Waals surface area contributed by atoms with Crippen molar-refractivity contribution in [2.45, 2.75) is 13.8 Å². The Morgan fingerprint density at radius 1 is 1.22 bits per heavy atom. The van der Waals surface area contributed by atoms with Gasteiger partial charge in [0.25, 0.3) is 0 Å². The predicted octanol–water partition coefficient (Wildman–Crippen LogP) is 0.538. The minimum absolute atomic E-state index is 0.0778. The van der Waals surface area contributed by atoms with Crippen LogP contribution in [0.1, 0.15) is 18.2 Å². The standard InChI is InChI=1S/C15H20N8/c1-9-7-13(20-15(18)23(9)3)19-12-6-4-5-11(8-12)10(2)21-22-14(16)17/h4-8H,1-3H3,(H6,16,17,18,19,20,22)/p+1. The Balaban J connectivity index is 2.27. The molecule has 1 heterocycles. The van der Waals surface area contributed by atoms with Gasteiger partial charge in [0.1, 0.15) is 0 Å². The predicted molar refractivity (Wildman–Crippen MR) is 92.3 cm³/mol. The topological polar surface area (TPSA) is 132 Å². The van der Waals surface area contributed by atoms with Crippen molar-refractivity contribution in [3.63, 3.8) is 0 Å². The normalized spacial score (nSPS) is 11.2. The molecule has 7 N–H and O–H groups in total. The third kappa shape index (κ3) is 4.16. The number of benzene rings is 1. The van der Waals surface area contributed by atoms with Crippen LogP contribution in [0.25, 0.3) is 0 Å². The summed E-state index contributed by atoms with van der Waals surface area (Å²) in [7, 11) is 1.87. The van der Waals surface area contributed by atoms with Crippen molar-refractivity contribution in [1.29, 1.82) is 0 Å². The van der Waals surface area contributed by atoms with Gasteiger partial charge in [-0.15, -0.1) is 5.10 Å². The number of hydrogen-bond donors (Lipinski definition) is 4. The quantitative estimate of drug-likeness (QED) is 0.283. The number of anilines is 3. The first-order valence-corrected chi connectivity index (χ1v) is 7.00.